The SMILES string of the molecule is BC(B)(B)N1C(=O)c2cccc(OC(F)F)c2[C@H]2C[C@@H]1c1nc3ccc(Cl)cc3n12. The molecule has 2 atom stereocenters. The Kier molecular flexibility index (Phi) is 4.23. The van der Waals surface area contributed by atoms with Crippen molar-refractivity contribution in [3.8, 4) is 5.75 Å². The molecule has 0 aliphatic carbocycles. The summed E-state index contributed by atoms with van der Waals surface area (Å²) >= 11 is 6.25. The molecule has 11 heteroatoms. The van der Waals surface area contributed by atoms with Crippen LogP contribution in [0.2, 0.25) is 5.02 Å². The Morgan fingerprint density at radius 2 is 1.97 bits per heavy atom. The van der Waals surface area contributed by atoms with Crippen molar-refractivity contribution in [3.05, 3.63) is 58.4 Å². The van der Waals surface area contributed by atoms with E-state index in [9.17, 15) is 13.6 Å². The van der Waals surface area contributed by atoms with Crippen molar-refractivity contribution in [2.75, 3.05) is 0 Å². The lowest BCUT2D eigenvalue weighted by molar-refractivity contribution is -0.0507. The van der Waals surface area contributed by atoms with Crippen LogP contribution in [-0.4, -0.2) is 55.7 Å². The number of ether oxygens (including phenoxy) is 1. The van der Waals surface area contributed by atoms with Gasteiger partial charge in [0.05, 0.1) is 23.1 Å². The number of rotatable bonds is 3. The summed E-state index contributed by atoms with van der Waals surface area (Å²) in [4.78, 5) is 20.2. The molecule has 0 saturated heterocycles. The van der Waals surface area contributed by atoms with Crippen LogP contribution < -0.4 is 4.74 Å². The number of hydrogen-bond donors (Lipinski definition) is 0. The van der Waals surface area contributed by atoms with Crippen LogP contribution in [0.1, 0.15) is 40.3 Å². The molecular weight excluding hydrogens is 408 g/mol. The maximum absolute atomic E-state index is 13.6. The molecular formula is C19H17B3ClF2N3O2. The Morgan fingerprint density at radius 1 is 1.20 bits per heavy atom. The van der Waals surface area contributed by atoms with E-state index in [1.54, 1.807) is 18.2 Å². The second-order valence-corrected chi connectivity index (χ2v) is 9.12. The van der Waals surface area contributed by atoms with Crippen molar-refractivity contribution in [3.63, 3.8) is 0 Å². The topological polar surface area (TPSA) is 47.4 Å². The molecule has 3 heterocycles. The highest BCUT2D eigenvalue weighted by Gasteiger charge is 2.48. The summed E-state index contributed by atoms with van der Waals surface area (Å²) in [5.74, 6) is 0.547. The van der Waals surface area contributed by atoms with Crippen molar-refractivity contribution in [1.29, 1.82) is 0 Å². The molecule has 2 aromatic carbocycles. The number of imidazole rings is 1. The second kappa shape index (κ2) is 6.51. The summed E-state index contributed by atoms with van der Waals surface area (Å²) in [6, 6.07) is 9.52. The van der Waals surface area contributed by atoms with Crippen molar-refractivity contribution in [1.82, 2.24) is 14.5 Å². The van der Waals surface area contributed by atoms with Crippen molar-refractivity contribution in [2.45, 2.75) is 30.4 Å². The van der Waals surface area contributed by atoms with E-state index in [0.717, 1.165) is 16.9 Å². The summed E-state index contributed by atoms with van der Waals surface area (Å²) in [6.07, 6.45) is 0.532. The Labute approximate surface area is 179 Å². The quantitative estimate of drug-likeness (QED) is 0.595. The van der Waals surface area contributed by atoms with Crippen LogP contribution in [0.5, 0.6) is 5.75 Å². The van der Waals surface area contributed by atoms with Gasteiger partial charge >= 0.3 is 6.61 Å². The Hall–Kier alpha value is -2.48. The fraction of sp³-hybridized carbons (Fsp3) is 0.263. The zero-order valence-electron chi connectivity index (χ0n) is 16.7. The van der Waals surface area contributed by atoms with Crippen molar-refractivity contribution < 1.29 is 18.3 Å². The summed E-state index contributed by atoms with van der Waals surface area (Å²) in [5.41, 5.74) is 2.41. The maximum atomic E-state index is 13.6. The lowest BCUT2D eigenvalue weighted by atomic mass is 9.48. The molecule has 150 valence electrons. The van der Waals surface area contributed by atoms with Gasteiger partial charge in [-0.2, -0.15) is 8.78 Å². The van der Waals surface area contributed by atoms with E-state index < -0.39 is 11.8 Å². The third-order valence-electron chi connectivity index (χ3n) is 5.83. The van der Waals surface area contributed by atoms with Gasteiger partial charge in [0.1, 0.15) is 35.1 Å². The second-order valence-electron chi connectivity index (χ2n) is 8.68. The van der Waals surface area contributed by atoms with Gasteiger partial charge in [-0.1, -0.05) is 17.7 Å². The number of amides is 1. The summed E-state index contributed by atoms with van der Waals surface area (Å²) in [6.45, 7) is -2.99. The Bertz CT molecular complexity index is 1200. The third kappa shape index (κ3) is 2.76. The van der Waals surface area contributed by atoms with E-state index in [0.29, 0.717) is 22.6 Å². The molecule has 0 unspecified atom stereocenters. The summed E-state index contributed by atoms with van der Waals surface area (Å²) in [5, 5.41) is 0.0591. The first-order chi connectivity index (χ1) is 14.2. The standard InChI is InChI=1S/C19H17B3ClF2N3O2/c20-19(21,22)28-13-7-12(27-11-6-8(23)4-5-10(11)26-16(13)27)15-9(17(28)29)2-1-3-14(15)30-18(24)25/h1-6,12-13,18H,7,20-22H2/t12-,13-/m1/s1. The van der Waals surface area contributed by atoms with Gasteiger partial charge in [-0.25, -0.2) is 4.98 Å². The first-order valence-electron chi connectivity index (χ1n) is 9.75. The predicted octanol–water partition coefficient (Wildman–Crippen LogP) is 1.29. The molecule has 0 radical (unpaired) electrons. The number of carbonyl (C=O) groups is 1. The number of nitrogens with zero attached hydrogens (tertiary/aromatic N) is 3. The molecule has 2 aliphatic rings. The first kappa shape index (κ1) is 19.5. The van der Waals surface area contributed by atoms with Gasteiger partial charge in [0.25, 0.3) is 5.91 Å². The number of aromatic nitrogens is 2. The number of hydrogen-bond acceptors (Lipinski definition) is 3. The molecule has 2 aliphatic heterocycles. The number of fused-ring (bicyclic) bond motifs is 9. The van der Waals surface area contributed by atoms with Crippen LogP contribution in [0, 0.1) is 0 Å². The minimum Gasteiger partial charge on any atom is -0.434 e. The minimum atomic E-state index is -2.99. The highest BCUT2D eigenvalue weighted by Crippen LogP contribution is 2.51. The highest BCUT2D eigenvalue weighted by atomic mass is 35.5. The van der Waals surface area contributed by atoms with Crippen LogP contribution in [0.3, 0.4) is 0 Å². The molecule has 3 aromatic rings. The zero-order chi connectivity index (χ0) is 21.4. The van der Waals surface area contributed by atoms with E-state index in [1.807, 2.05) is 45.1 Å². The smallest absolute Gasteiger partial charge is 0.387 e. The minimum absolute atomic E-state index is 0.0205. The van der Waals surface area contributed by atoms with Gasteiger partial charge in [-0.05, 0) is 35.6 Å². The van der Waals surface area contributed by atoms with Gasteiger partial charge < -0.3 is 14.2 Å². The lowest BCUT2D eigenvalue weighted by Gasteiger charge is -2.40. The largest absolute Gasteiger partial charge is 0.434 e. The molecule has 0 spiro atoms. The molecule has 1 aromatic heterocycles. The fourth-order valence-corrected chi connectivity index (χ4v) is 5.02. The van der Waals surface area contributed by atoms with E-state index in [2.05, 4.69) is 0 Å². The highest BCUT2D eigenvalue weighted by molar-refractivity contribution is 6.60. The van der Waals surface area contributed by atoms with Crippen molar-refractivity contribution >= 4 is 52.1 Å². The molecule has 30 heavy (non-hydrogen) atoms. The van der Waals surface area contributed by atoms with Gasteiger partial charge in [-0.3, -0.25) is 4.79 Å². The molecule has 2 bridgehead atoms. The summed E-state index contributed by atoms with van der Waals surface area (Å²) < 4.78 is 33.2. The Balaban J connectivity index is 1.85. The maximum Gasteiger partial charge on any atom is 0.387 e. The molecule has 0 fully saturated rings. The van der Waals surface area contributed by atoms with Crippen LogP contribution in [0.25, 0.3) is 11.0 Å². The van der Waals surface area contributed by atoms with E-state index in [4.69, 9.17) is 21.3 Å². The fourth-order valence-electron chi connectivity index (χ4n) is 4.85. The molecule has 0 saturated carbocycles. The molecule has 0 N–H and O–H groups in total. The van der Waals surface area contributed by atoms with Crippen LogP contribution in [0.4, 0.5) is 8.78 Å². The van der Waals surface area contributed by atoms with Gasteiger partial charge in [0.2, 0.25) is 0 Å². The molecule has 5 nitrogen and oxygen atoms in total. The number of alkyl halides is 2. The monoisotopic (exact) mass is 425 g/mol. The number of halogens is 3. The van der Waals surface area contributed by atoms with E-state index in [1.165, 1.54) is 6.07 Å². The van der Waals surface area contributed by atoms with Gasteiger partial charge in [0.15, 0.2) is 0 Å². The first-order valence-corrected chi connectivity index (χ1v) is 10.1. The van der Waals surface area contributed by atoms with Crippen LogP contribution in [-0.2, 0) is 0 Å². The number of benzene rings is 2. The summed E-state index contributed by atoms with van der Waals surface area (Å²) in [7, 11) is 5.89. The van der Waals surface area contributed by atoms with E-state index >= 15 is 0 Å². The van der Waals surface area contributed by atoms with Gasteiger partial charge in [0, 0.05) is 22.6 Å². The van der Waals surface area contributed by atoms with E-state index in [-0.39, 0.29) is 23.7 Å². The predicted molar refractivity (Wildman–Crippen MR) is 118 cm³/mol. The van der Waals surface area contributed by atoms with Gasteiger partial charge in [-0.15, -0.1) is 0 Å². The molecule has 5 rings (SSSR count). The average molecular weight is 425 g/mol. The lowest BCUT2D eigenvalue weighted by Crippen LogP contribution is -2.54. The van der Waals surface area contributed by atoms with Crippen molar-refractivity contribution in [2.24, 2.45) is 0 Å². The normalized spacial score (nSPS) is 20.4. The average Bonchev–Trinajstić information content (AvgIpc) is 3.13. The third-order valence-corrected chi connectivity index (χ3v) is 6.07. The Morgan fingerprint density at radius 3 is 2.67 bits per heavy atom. The van der Waals surface area contributed by atoms with Crippen LogP contribution >= 0.6 is 11.6 Å². The van der Waals surface area contributed by atoms with Crippen LogP contribution in [0.15, 0.2) is 36.4 Å². The zero-order valence-corrected chi connectivity index (χ0v) is 17.5. The molecule has 1 amide bonds. The number of carbonyl (C=O) groups excluding carboxylic acids is 1.